The second-order valence-corrected chi connectivity index (χ2v) is 6.88. The number of nitrogens with zero attached hydrogens (tertiary/aromatic N) is 3. The average molecular weight is 355 g/mol. The molecule has 2 fully saturated rings. The molecule has 4 rings (SSSR count). The van der Waals surface area contributed by atoms with E-state index >= 15 is 0 Å². The van der Waals surface area contributed by atoms with Gasteiger partial charge in [-0.3, -0.25) is 4.79 Å². The number of morpholine rings is 1. The summed E-state index contributed by atoms with van der Waals surface area (Å²) in [6.07, 6.45) is 4.50. The molecule has 1 aromatic heterocycles. The summed E-state index contributed by atoms with van der Waals surface area (Å²) in [5, 5.41) is 4.30. The Kier molecular flexibility index (Phi) is 5.20. The molecular formula is C20H25N3O3. The van der Waals surface area contributed by atoms with Crippen LogP contribution >= 0.6 is 0 Å². The first-order chi connectivity index (χ1) is 12.8. The summed E-state index contributed by atoms with van der Waals surface area (Å²) in [5.41, 5.74) is 1.48. The standard InChI is InChI=1S/C20H25N3O3/c24-20(23-10-6-1-2-7-11-23)17-18(16-8-4-3-5-9-16)26-21-19(17)22-12-14-25-15-13-22/h3-5,8-9H,1-2,6-7,10-15H2. The molecule has 0 atom stereocenters. The predicted molar refractivity (Wildman–Crippen MR) is 99.3 cm³/mol. The largest absolute Gasteiger partial charge is 0.378 e. The van der Waals surface area contributed by atoms with E-state index < -0.39 is 0 Å². The fraction of sp³-hybridized carbons (Fsp3) is 0.500. The highest BCUT2D eigenvalue weighted by Crippen LogP contribution is 2.33. The Labute approximate surface area is 153 Å². The number of carbonyl (C=O) groups is 1. The van der Waals surface area contributed by atoms with E-state index in [-0.39, 0.29) is 5.91 Å². The maximum atomic E-state index is 13.4. The number of anilines is 1. The third kappa shape index (κ3) is 3.46. The van der Waals surface area contributed by atoms with Crippen molar-refractivity contribution in [3.63, 3.8) is 0 Å². The van der Waals surface area contributed by atoms with Crippen molar-refractivity contribution in [2.24, 2.45) is 0 Å². The molecule has 1 amide bonds. The summed E-state index contributed by atoms with van der Waals surface area (Å²) in [4.78, 5) is 17.5. The zero-order valence-electron chi connectivity index (χ0n) is 15.0. The van der Waals surface area contributed by atoms with Crippen molar-refractivity contribution in [2.75, 3.05) is 44.3 Å². The van der Waals surface area contributed by atoms with Gasteiger partial charge in [0, 0.05) is 31.7 Å². The van der Waals surface area contributed by atoms with Gasteiger partial charge in [-0.2, -0.15) is 0 Å². The molecule has 26 heavy (non-hydrogen) atoms. The van der Waals surface area contributed by atoms with Crippen molar-refractivity contribution < 1.29 is 14.1 Å². The quantitative estimate of drug-likeness (QED) is 0.846. The molecule has 2 aliphatic heterocycles. The lowest BCUT2D eigenvalue weighted by Gasteiger charge is -2.28. The normalized spacial score (nSPS) is 18.6. The predicted octanol–water partition coefficient (Wildman–Crippen LogP) is 3.19. The van der Waals surface area contributed by atoms with Crippen molar-refractivity contribution in [1.82, 2.24) is 10.1 Å². The number of benzene rings is 1. The van der Waals surface area contributed by atoms with Crippen LogP contribution < -0.4 is 4.90 Å². The van der Waals surface area contributed by atoms with Crippen LogP contribution in [-0.4, -0.2) is 55.4 Å². The van der Waals surface area contributed by atoms with Gasteiger partial charge in [0.15, 0.2) is 11.6 Å². The van der Waals surface area contributed by atoms with Crippen LogP contribution in [0.3, 0.4) is 0 Å². The number of likely N-dealkylation sites (tertiary alicyclic amines) is 1. The molecule has 0 radical (unpaired) electrons. The molecule has 6 heteroatoms. The molecule has 3 heterocycles. The Balaban J connectivity index is 1.73. The van der Waals surface area contributed by atoms with Crippen LogP contribution in [0.15, 0.2) is 34.9 Å². The van der Waals surface area contributed by atoms with Crippen LogP contribution in [0.2, 0.25) is 0 Å². The molecule has 0 unspecified atom stereocenters. The first-order valence-electron chi connectivity index (χ1n) is 9.51. The molecule has 0 aliphatic carbocycles. The molecule has 2 aromatic rings. The van der Waals surface area contributed by atoms with Gasteiger partial charge in [0.1, 0.15) is 5.56 Å². The lowest BCUT2D eigenvalue weighted by molar-refractivity contribution is 0.0761. The molecule has 1 aromatic carbocycles. The average Bonchev–Trinajstić information content (AvgIpc) is 2.96. The minimum atomic E-state index is 0.0356. The number of hydrogen-bond donors (Lipinski definition) is 0. The molecule has 6 nitrogen and oxygen atoms in total. The van der Waals surface area contributed by atoms with Crippen LogP contribution in [0.25, 0.3) is 11.3 Å². The second kappa shape index (κ2) is 7.91. The number of ether oxygens (including phenoxy) is 1. The topological polar surface area (TPSA) is 58.8 Å². The third-order valence-corrected chi connectivity index (χ3v) is 5.13. The van der Waals surface area contributed by atoms with Gasteiger partial charge in [-0.05, 0) is 12.8 Å². The highest BCUT2D eigenvalue weighted by atomic mass is 16.5. The maximum absolute atomic E-state index is 13.4. The van der Waals surface area contributed by atoms with E-state index in [4.69, 9.17) is 9.26 Å². The zero-order chi connectivity index (χ0) is 17.8. The van der Waals surface area contributed by atoms with Gasteiger partial charge >= 0.3 is 0 Å². The summed E-state index contributed by atoms with van der Waals surface area (Å²) in [5.74, 6) is 1.26. The summed E-state index contributed by atoms with van der Waals surface area (Å²) >= 11 is 0. The van der Waals surface area contributed by atoms with Gasteiger partial charge in [0.05, 0.1) is 13.2 Å². The lowest BCUT2D eigenvalue weighted by Crippen LogP contribution is -2.39. The number of carbonyl (C=O) groups excluding carboxylic acids is 1. The zero-order valence-corrected chi connectivity index (χ0v) is 15.0. The Bertz CT molecular complexity index is 730. The summed E-state index contributed by atoms with van der Waals surface area (Å²) in [7, 11) is 0. The Hall–Kier alpha value is -2.34. The molecular weight excluding hydrogens is 330 g/mol. The molecule has 0 N–H and O–H groups in total. The minimum Gasteiger partial charge on any atom is -0.378 e. The van der Waals surface area contributed by atoms with E-state index in [2.05, 4.69) is 10.1 Å². The van der Waals surface area contributed by atoms with Crippen LogP contribution in [0.5, 0.6) is 0 Å². The first kappa shape index (κ1) is 17.1. The van der Waals surface area contributed by atoms with Gasteiger partial charge in [-0.1, -0.05) is 48.3 Å². The fourth-order valence-electron chi connectivity index (χ4n) is 3.68. The van der Waals surface area contributed by atoms with E-state index in [9.17, 15) is 4.79 Å². The lowest BCUT2D eigenvalue weighted by atomic mass is 10.1. The van der Waals surface area contributed by atoms with Crippen LogP contribution in [-0.2, 0) is 4.74 Å². The van der Waals surface area contributed by atoms with E-state index in [0.29, 0.717) is 30.4 Å². The number of aromatic nitrogens is 1. The third-order valence-electron chi connectivity index (χ3n) is 5.13. The summed E-state index contributed by atoms with van der Waals surface area (Å²) in [6.45, 7) is 4.35. The fourth-order valence-corrected chi connectivity index (χ4v) is 3.68. The van der Waals surface area contributed by atoms with Crippen molar-refractivity contribution in [2.45, 2.75) is 25.7 Å². The van der Waals surface area contributed by atoms with Crippen LogP contribution in [0.4, 0.5) is 5.82 Å². The van der Waals surface area contributed by atoms with Gasteiger partial charge in [0.2, 0.25) is 0 Å². The minimum absolute atomic E-state index is 0.0356. The summed E-state index contributed by atoms with van der Waals surface area (Å²) in [6, 6.07) is 9.78. The monoisotopic (exact) mass is 355 g/mol. The maximum Gasteiger partial charge on any atom is 0.261 e. The van der Waals surface area contributed by atoms with E-state index in [0.717, 1.165) is 44.6 Å². The SMILES string of the molecule is O=C(c1c(N2CCOCC2)noc1-c1ccccc1)N1CCCCCC1. The Morgan fingerprint density at radius 2 is 1.62 bits per heavy atom. The molecule has 2 aliphatic rings. The van der Waals surface area contributed by atoms with E-state index in [1.165, 1.54) is 12.8 Å². The number of amides is 1. The van der Waals surface area contributed by atoms with Gasteiger partial charge in [-0.25, -0.2) is 0 Å². The van der Waals surface area contributed by atoms with Gasteiger partial charge < -0.3 is 19.1 Å². The molecule has 0 saturated carbocycles. The number of hydrogen-bond acceptors (Lipinski definition) is 5. The number of rotatable bonds is 3. The molecule has 0 spiro atoms. The van der Waals surface area contributed by atoms with E-state index in [1.54, 1.807) is 0 Å². The molecule has 2 saturated heterocycles. The molecule has 0 bridgehead atoms. The van der Waals surface area contributed by atoms with Crippen molar-refractivity contribution >= 4 is 11.7 Å². The highest BCUT2D eigenvalue weighted by molar-refractivity contribution is 6.04. The molecule has 138 valence electrons. The Morgan fingerprint density at radius 3 is 2.31 bits per heavy atom. The van der Waals surface area contributed by atoms with E-state index in [1.807, 2.05) is 35.2 Å². The van der Waals surface area contributed by atoms with Gasteiger partial charge in [-0.15, -0.1) is 0 Å². The Morgan fingerprint density at radius 1 is 0.923 bits per heavy atom. The summed E-state index contributed by atoms with van der Waals surface area (Å²) < 4.78 is 11.1. The van der Waals surface area contributed by atoms with Crippen LogP contribution in [0.1, 0.15) is 36.0 Å². The van der Waals surface area contributed by atoms with Crippen molar-refractivity contribution in [3.8, 4) is 11.3 Å². The highest BCUT2D eigenvalue weighted by Gasteiger charge is 2.31. The van der Waals surface area contributed by atoms with Crippen LogP contribution in [0, 0.1) is 0 Å². The second-order valence-electron chi connectivity index (χ2n) is 6.88. The van der Waals surface area contributed by atoms with Crippen molar-refractivity contribution in [1.29, 1.82) is 0 Å². The van der Waals surface area contributed by atoms with Gasteiger partial charge in [0.25, 0.3) is 5.91 Å². The first-order valence-corrected chi connectivity index (χ1v) is 9.51. The smallest absolute Gasteiger partial charge is 0.261 e. The van der Waals surface area contributed by atoms with Crippen molar-refractivity contribution in [3.05, 3.63) is 35.9 Å².